The predicted octanol–water partition coefficient (Wildman–Crippen LogP) is 3.60. The standard InChI is InChI=1S/C19H24N2O4S2/c1-5-25-17-11-9-16(10-12-17)21(27(4,23)24)14(2)19(22)20-15-7-6-8-18(13-15)26-3/h6-14H,5H2,1-4H3,(H,20,22)/t14-/m0/s1. The van der Waals surface area contributed by atoms with Crippen LogP contribution < -0.4 is 14.4 Å². The number of hydrogen-bond donors (Lipinski definition) is 1. The molecule has 0 spiro atoms. The number of thioether (sulfide) groups is 1. The van der Waals surface area contributed by atoms with Crippen LogP contribution in [0.15, 0.2) is 53.4 Å². The van der Waals surface area contributed by atoms with E-state index >= 15 is 0 Å². The minimum absolute atomic E-state index is 0.404. The van der Waals surface area contributed by atoms with Crippen LogP contribution in [-0.4, -0.2) is 39.5 Å². The van der Waals surface area contributed by atoms with Gasteiger partial charge in [0.2, 0.25) is 15.9 Å². The molecule has 2 aromatic rings. The highest BCUT2D eigenvalue weighted by Gasteiger charge is 2.29. The van der Waals surface area contributed by atoms with Gasteiger partial charge in [0, 0.05) is 10.6 Å². The first kappa shape index (κ1) is 21.1. The third-order valence-electron chi connectivity index (χ3n) is 3.83. The number of carbonyl (C=O) groups is 1. The first-order valence-corrected chi connectivity index (χ1v) is 11.5. The van der Waals surface area contributed by atoms with Crippen LogP contribution >= 0.6 is 11.8 Å². The number of hydrogen-bond acceptors (Lipinski definition) is 5. The number of sulfonamides is 1. The molecule has 0 unspecified atom stereocenters. The Morgan fingerprint density at radius 3 is 2.44 bits per heavy atom. The smallest absolute Gasteiger partial charge is 0.247 e. The van der Waals surface area contributed by atoms with Gasteiger partial charge in [0.05, 0.1) is 18.6 Å². The van der Waals surface area contributed by atoms with Gasteiger partial charge < -0.3 is 10.1 Å². The van der Waals surface area contributed by atoms with Crippen molar-refractivity contribution in [2.75, 3.05) is 28.7 Å². The van der Waals surface area contributed by atoms with Gasteiger partial charge in [0.25, 0.3) is 0 Å². The zero-order chi connectivity index (χ0) is 20.0. The summed E-state index contributed by atoms with van der Waals surface area (Å²) >= 11 is 1.56. The highest BCUT2D eigenvalue weighted by Crippen LogP contribution is 2.25. The molecule has 6 nitrogen and oxygen atoms in total. The topological polar surface area (TPSA) is 75.7 Å². The van der Waals surface area contributed by atoms with Crippen molar-refractivity contribution in [1.29, 1.82) is 0 Å². The number of rotatable bonds is 8. The van der Waals surface area contributed by atoms with E-state index in [1.54, 1.807) is 49.0 Å². The average molecular weight is 409 g/mol. The van der Waals surface area contributed by atoms with E-state index in [0.717, 1.165) is 15.5 Å². The van der Waals surface area contributed by atoms with Gasteiger partial charge in [-0.15, -0.1) is 11.8 Å². The van der Waals surface area contributed by atoms with Crippen LogP contribution in [0.4, 0.5) is 11.4 Å². The molecule has 0 aliphatic rings. The summed E-state index contributed by atoms with van der Waals surface area (Å²) < 4.78 is 31.2. The van der Waals surface area contributed by atoms with Crippen molar-refractivity contribution < 1.29 is 17.9 Å². The summed E-state index contributed by atoms with van der Waals surface area (Å²) in [6, 6.07) is 13.1. The molecule has 0 aromatic heterocycles. The Labute approximate surface area is 165 Å². The molecule has 27 heavy (non-hydrogen) atoms. The number of amides is 1. The molecule has 0 bridgehead atoms. The SMILES string of the molecule is CCOc1ccc(N([C@@H](C)C(=O)Nc2cccc(SC)c2)S(C)(=O)=O)cc1. The number of carbonyl (C=O) groups excluding carboxylic acids is 1. The third kappa shape index (κ3) is 5.64. The minimum atomic E-state index is -3.66. The van der Waals surface area contributed by atoms with Gasteiger partial charge in [-0.3, -0.25) is 9.10 Å². The Morgan fingerprint density at radius 2 is 1.89 bits per heavy atom. The van der Waals surface area contributed by atoms with Crippen molar-refractivity contribution in [2.45, 2.75) is 24.8 Å². The molecule has 0 radical (unpaired) electrons. The maximum atomic E-state index is 12.7. The summed E-state index contributed by atoms with van der Waals surface area (Å²) in [5.74, 6) is 0.230. The zero-order valence-corrected chi connectivity index (χ0v) is 17.4. The molecule has 0 fully saturated rings. The Kier molecular flexibility index (Phi) is 7.15. The van der Waals surface area contributed by atoms with E-state index in [4.69, 9.17) is 4.74 Å². The van der Waals surface area contributed by atoms with Crippen molar-refractivity contribution in [3.63, 3.8) is 0 Å². The number of nitrogens with zero attached hydrogens (tertiary/aromatic N) is 1. The minimum Gasteiger partial charge on any atom is -0.494 e. The lowest BCUT2D eigenvalue weighted by Crippen LogP contribution is -2.45. The Balaban J connectivity index is 2.26. The second-order valence-electron chi connectivity index (χ2n) is 5.88. The molecule has 2 aromatic carbocycles. The highest BCUT2D eigenvalue weighted by atomic mass is 32.2. The van der Waals surface area contributed by atoms with Crippen molar-refractivity contribution in [3.05, 3.63) is 48.5 Å². The molecule has 8 heteroatoms. The molecular formula is C19H24N2O4S2. The summed E-state index contributed by atoms with van der Waals surface area (Å²) in [5.41, 5.74) is 1.03. The Bertz CT molecular complexity index is 883. The van der Waals surface area contributed by atoms with Gasteiger partial charge in [-0.2, -0.15) is 0 Å². The molecule has 1 amide bonds. The summed E-state index contributed by atoms with van der Waals surface area (Å²) in [7, 11) is -3.66. The van der Waals surface area contributed by atoms with Crippen LogP contribution in [0.5, 0.6) is 5.75 Å². The van der Waals surface area contributed by atoms with E-state index in [9.17, 15) is 13.2 Å². The fraction of sp³-hybridized carbons (Fsp3) is 0.316. The van der Waals surface area contributed by atoms with Crippen LogP contribution in [0, 0.1) is 0 Å². The van der Waals surface area contributed by atoms with Gasteiger partial charge >= 0.3 is 0 Å². The summed E-state index contributed by atoms with van der Waals surface area (Å²) in [6.45, 7) is 3.95. The largest absolute Gasteiger partial charge is 0.494 e. The van der Waals surface area contributed by atoms with Crippen LogP contribution in [0.3, 0.4) is 0 Å². The van der Waals surface area contributed by atoms with Gasteiger partial charge in [0.15, 0.2) is 0 Å². The van der Waals surface area contributed by atoms with E-state index in [-0.39, 0.29) is 0 Å². The fourth-order valence-electron chi connectivity index (χ4n) is 2.61. The van der Waals surface area contributed by atoms with Gasteiger partial charge in [-0.1, -0.05) is 6.07 Å². The van der Waals surface area contributed by atoms with E-state index in [2.05, 4.69) is 5.32 Å². The van der Waals surface area contributed by atoms with E-state index < -0.39 is 22.0 Å². The summed E-state index contributed by atoms with van der Waals surface area (Å²) in [5, 5.41) is 2.79. The molecule has 1 atom stereocenters. The lowest BCUT2D eigenvalue weighted by atomic mass is 10.2. The van der Waals surface area contributed by atoms with Gasteiger partial charge in [0.1, 0.15) is 11.8 Å². The van der Waals surface area contributed by atoms with Gasteiger partial charge in [-0.05, 0) is 62.6 Å². The first-order valence-electron chi connectivity index (χ1n) is 8.43. The number of nitrogens with one attached hydrogen (secondary N) is 1. The molecule has 0 aliphatic heterocycles. The quantitative estimate of drug-likeness (QED) is 0.676. The van der Waals surface area contributed by atoms with Crippen LogP contribution in [0.25, 0.3) is 0 Å². The maximum Gasteiger partial charge on any atom is 0.247 e. The second-order valence-corrected chi connectivity index (χ2v) is 8.62. The molecule has 0 aliphatic carbocycles. The Morgan fingerprint density at radius 1 is 1.22 bits per heavy atom. The molecule has 0 saturated carbocycles. The monoisotopic (exact) mass is 408 g/mol. The lowest BCUT2D eigenvalue weighted by molar-refractivity contribution is -0.116. The van der Waals surface area contributed by atoms with E-state index in [1.165, 1.54) is 0 Å². The summed E-state index contributed by atoms with van der Waals surface area (Å²) in [4.78, 5) is 13.7. The van der Waals surface area contributed by atoms with Crippen LogP contribution in [-0.2, 0) is 14.8 Å². The number of anilines is 2. The molecule has 146 valence electrons. The maximum absolute atomic E-state index is 12.7. The predicted molar refractivity (Wildman–Crippen MR) is 111 cm³/mol. The Hall–Kier alpha value is -2.19. The number of ether oxygens (including phenoxy) is 1. The summed E-state index contributed by atoms with van der Waals surface area (Å²) in [6.07, 6.45) is 3.03. The number of benzene rings is 2. The second kappa shape index (κ2) is 9.14. The molecule has 0 saturated heterocycles. The van der Waals surface area contributed by atoms with Crippen molar-refractivity contribution in [1.82, 2.24) is 0 Å². The third-order valence-corrected chi connectivity index (χ3v) is 5.79. The van der Waals surface area contributed by atoms with Crippen LogP contribution in [0.1, 0.15) is 13.8 Å². The zero-order valence-electron chi connectivity index (χ0n) is 15.8. The van der Waals surface area contributed by atoms with Crippen LogP contribution in [0.2, 0.25) is 0 Å². The van der Waals surface area contributed by atoms with Crippen molar-refractivity contribution in [3.8, 4) is 5.75 Å². The first-order chi connectivity index (χ1) is 12.8. The molecular weight excluding hydrogens is 384 g/mol. The van der Waals surface area contributed by atoms with E-state index in [0.29, 0.717) is 23.7 Å². The highest BCUT2D eigenvalue weighted by molar-refractivity contribution is 7.98. The van der Waals surface area contributed by atoms with E-state index in [1.807, 2.05) is 31.4 Å². The fourth-order valence-corrected chi connectivity index (χ4v) is 4.25. The van der Waals surface area contributed by atoms with Crippen molar-refractivity contribution in [2.24, 2.45) is 0 Å². The average Bonchev–Trinajstić information content (AvgIpc) is 2.62. The molecule has 2 rings (SSSR count). The van der Waals surface area contributed by atoms with Gasteiger partial charge in [-0.25, -0.2) is 8.42 Å². The normalized spacial score (nSPS) is 12.3. The molecule has 1 N–H and O–H groups in total. The lowest BCUT2D eigenvalue weighted by Gasteiger charge is -2.28. The molecule has 0 heterocycles. The van der Waals surface area contributed by atoms with Crippen molar-refractivity contribution >= 4 is 39.1 Å².